The molecular weight excluding hydrogens is 230 g/mol. The number of hydrogen-bond acceptors (Lipinski definition) is 3. The average molecular weight is 244 g/mol. The summed E-state index contributed by atoms with van der Waals surface area (Å²) in [6, 6.07) is 3.11. The summed E-state index contributed by atoms with van der Waals surface area (Å²) in [7, 11) is 0. The molecule has 5 heteroatoms. The molecule has 16 heavy (non-hydrogen) atoms. The molecule has 0 bridgehead atoms. The van der Waals surface area contributed by atoms with E-state index in [0.717, 1.165) is 6.42 Å². The van der Waals surface area contributed by atoms with Gasteiger partial charge in [0.15, 0.2) is 11.0 Å². The summed E-state index contributed by atoms with van der Waals surface area (Å²) in [6.45, 7) is 4.58. The van der Waals surface area contributed by atoms with Gasteiger partial charge in [-0.25, -0.2) is 0 Å². The third-order valence-electron chi connectivity index (χ3n) is 3.08. The molecular formula is C11H14ClNO3. The smallest absolute Gasteiger partial charge is 0.287 e. The molecule has 0 aromatic carbocycles. The summed E-state index contributed by atoms with van der Waals surface area (Å²) in [6.07, 6.45) is 0.802. The van der Waals surface area contributed by atoms with Gasteiger partial charge in [-0.2, -0.15) is 0 Å². The highest BCUT2D eigenvalue weighted by molar-refractivity contribution is 6.29. The van der Waals surface area contributed by atoms with Crippen LogP contribution >= 0.6 is 11.6 Å². The van der Waals surface area contributed by atoms with Gasteiger partial charge in [0, 0.05) is 6.61 Å². The van der Waals surface area contributed by atoms with Crippen LogP contribution in [0.5, 0.6) is 0 Å². The number of nitrogens with one attached hydrogen (secondary N) is 1. The Morgan fingerprint density at radius 2 is 2.38 bits per heavy atom. The Hall–Kier alpha value is -1.00. The van der Waals surface area contributed by atoms with Gasteiger partial charge in [-0.3, -0.25) is 4.79 Å². The van der Waals surface area contributed by atoms with Crippen LogP contribution in [0.25, 0.3) is 0 Å². The van der Waals surface area contributed by atoms with Crippen molar-refractivity contribution in [1.29, 1.82) is 0 Å². The van der Waals surface area contributed by atoms with E-state index in [2.05, 4.69) is 5.32 Å². The third-order valence-corrected chi connectivity index (χ3v) is 3.29. The Morgan fingerprint density at radius 1 is 1.62 bits per heavy atom. The second kappa shape index (κ2) is 4.11. The van der Waals surface area contributed by atoms with E-state index >= 15 is 0 Å². The molecule has 0 aliphatic carbocycles. The molecule has 1 aliphatic rings. The second-order valence-electron chi connectivity index (χ2n) is 4.24. The highest BCUT2D eigenvalue weighted by Crippen LogP contribution is 2.25. The number of rotatable bonds is 2. The van der Waals surface area contributed by atoms with Crippen LogP contribution < -0.4 is 5.32 Å². The summed E-state index contributed by atoms with van der Waals surface area (Å²) >= 11 is 5.61. The highest BCUT2D eigenvalue weighted by atomic mass is 35.5. The number of ether oxygens (including phenoxy) is 1. The maximum absolute atomic E-state index is 11.8. The molecule has 1 aromatic heterocycles. The van der Waals surface area contributed by atoms with Gasteiger partial charge in [-0.15, -0.1) is 0 Å². The highest BCUT2D eigenvalue weighted by Gasteiger charge is 2.38. The molecule has 2 rings (SSSR count). The summed E-state index contributed by atoms with van der Waals surface area (Å²) in [5.74, 6) is -0.0305. The normalized spacial score (nSPS) is 29.3. The van der Waals surface area contributed by atoms with Gasteiger partial charge in [-0.05, 0) is 44.0 Å². The molecule has 2 atom stereocenters. The van der Waals surface area contributed by atoms with Gasteiger partial charge < -0.3 is 14.5 Å². The van der Waals surface area contributed by atoms with E-state index in [9.17, 15) is 4.79 Å². The Morgan fingerprint density at radius 3 is 2.88 bits per heavy atom. The maximum Gasteiger partial charge on any atom is 0.287 e. The van der Waals surface area contributed by atoms with E-state index in [4.69, 9.17) is 20.8 Å². The zero-order valence-corrected chi connectivity index (χ0v) is 10.0. The first kappa shape index (κ1) is 11.5. The van der Waals surface area contributed by atoms with Crippen LogP contribution in [0.2, 0.25) is 5.22 Å². The van der Waals surface area contributed by atoms with Crippen molar-refractivity contribution in [3.63, 3.8) is 0 Å². The molecule has 2 unspecified atom stereocenters. The number of halogens is 1. The van der Waals surface area contributed by atoms with E-state index in [1.807, 2.05) is 13.8 Å². The fourth-order valence-electron chi connectivity index (χ4n) is 1.76. The molecule has 0 radical (unpaired) electrons. The molecule has 1 aliphatic heterocycles. The van der Waals surface area contributed by atoms with Crippen LogP contribution in [-0.2, 0) is 4.74 Å². The molecule has 88 valence electrons. The number of amides is 1. The van der Waals surface area contributed by atoms with Crippen molar-refractivity contribution in [2.24, 2.45) is 0 Å². The Balaban J connectivity index is 2.07. The van der Waals surface area contributed by atoms with Crippen LogP contribution in [0.15, 0.2) is 16.5 Å². The van der Waals surface area contributed by atoms with Gasteiger partial charge in [0.1, 0.15) is 0 Å². The van der Waals surface area contributed by atoms with Crippen LogP contribution in [-0.4, -0.2) is 24.2 Å². The first-order valence-electron chi connectivity index (χ1n) is 5.21. The van der Waals surface area contributed by atoms with Gasteiger partial charge in [0.25, 0.3) is 5.91 Å². The van der Waals surface area contributed by atoms with E-state index in [-0.39, 0.29) is 28.5 Å². The van der Waals surface area contributed by atoms with Crippen molar-refractivity contribution in [2.75, 3.05) is 6.61 Å². The minimum absolute atomic E-state index is 0.00174. The lowest BCUT2D eigenvalue weighted by molar-refractivity contribution is 0.0709. The minimum atomic E-state index is -0.337. The summed E-state index contributed by atoms with van der Waals surface area (Å²) < 4.78 is 10.5. The molecule has 1 N–H and O–H groups in total. The quantitative estimate of drug-likeness (QED) is 0.867. The predicted octanol–water partition coefficient (Wildman–Crippen LogP) is 2.23. The molecule has 0 spiro atoms. The molecule has 1 fully saturated rings. The van der Waals surface area contributed by atoms with Gasteiger partial charge in [-0.1, -0.05) is 0 Å². The summed E-state index contributed by atoms with van der Waals surface area (Å²) in [5, 5.41) is 3.13. The van der Waals surface area contributed by atoms with Crippen molar-refractivity contribution < 1.29 is 13.9 Å². The summed E-state index contributed by atoms with van der Waals surface area (Å²) in [5.41, 5.74) is -0.337. The van der Waals surface area contributed by atoms with Gasteiger partial charge >= 0.3 is 0 Å². The molecule has 1 aromatic rings. The number of furan rings is 1. The largest absolute Gasteiger partial charge is 0.440 e. The zero-order valence-electron chi connectivity index (χ0n) is 9.25. The van der Waals surface area contributed by atoms with Crippen LogP contribution in [0.3, 0.4) is 0 Å². The van der Waals surface area contributed by atoms with Crippen LogP contribution in [0, 0.1) is 0 Å². The third kappa shape index (κ3) is 2.08. The zero-order chi connectivity index (χ0) is 11.8. The monoisotopic (exact) mass is 243 g/mol. The predicted molar refractivity (Wildman–Crippen MR) is 59.6 cm³/mol. The first-order valence-corrected chi connectivity index (χ1v) is 5.58. The van der Waals surface area contributed by atoms with E-state index in [0.29, 0.717) is 6.61 Å². The lowest BCUT2D eigenvalue weighted by Gasteiger charge is -2.28. The van der Waals surface area contributed by atoms with Crippen molar-refractivity contribution in [1.82, 2.24) is 5.32 Å². The number of hydrogen-bond donors (Lipinski definition) is 1. The number of carbonyl (C=O) groups excluding carboxylic acids is 1. The topological polar surface area (TPSA) is 51.5 Å². The summed E-state index contributed by atoms with van der Waals surface area (Å²) in [4.78, 5) is 11.8. The van der Waals surface area contributed by atoms with Crippen LogP contribution in [0.1, 0.15) is 30.8 Å². The van der Waals surface area contributed by atoms with Crippen molar-refractivity contribution >= 4 is 17.5 Å². The van der Waals surface area contributed by atoms with Crippen molar-refractivity contribution in [3.05, 3.63) is 23.1 Å². The van der Waals surface area contributed by atoms with E-state index in [1.165, 1.54) is 0 Å². The fourth-order valence-corrected chi connectivity index (χ4v) is 1.90. The average Bonchev–Trinajstić information content (AvgIpc) is 2.76. The first-order chi connectivity index (χ1) is 7.51. The standard InChI is InChI=1S/C11H14ClNO3/c1-7-11(2,5-6-15-7)13-10(14)8-3-4-9(12)16-8/h3-4,7H,5-6H2,1-2H3,(H,13,14). The minimum Gasteiger partial charge on any atom is -0.440 e. The van der Waals surface area contributed by atoms with E-state index < -0.39 is 0 Å². The van der Waals surface area contributed by atoms with Crippen molar-refractivity contribution in [2.45, 2.75) is 31.9 Å². The fraction of sp³-hybridized carbons (Fsp3) is 0.545. The van der Waals surface area contributed by atoms with Gasteiger partial charge in [0.05, 0.1) is 11.6 Å². The Kier molecular flexibility index (Phi) is 2.95. The Bertz CT molecular complexity index is 404. The lowest BCUT2D eigenvalue weighted by atomic mass is 9.94. The molecule has 4 nitrogen and oxygen atoms in total. The molecule has 1 amide bonds. The van der Waals surface area contributed by atoms with Gasteiger partial charge in [0.2, 0.25) is 0 Å². The maximum atomic E-state index is 11.8. The van der Waals surface area contributed by atoms with E-state index in [1.54, 1.807) is 12.1 Å². The molecule has 1 saturated heterocycles. The molecule has 0 saturated carbocycles. The Labute approximate surface area is 98.9 Å². The molecule has 2 heterocycles. The second-order valence-corrected chi connectivity index (χ2v) is 4.61. The van der Waals surface area contributed by atoms with Crippen molar-refractivity contribution in [3.8, 4) is 0 Å². The SMILES string of the molecule is CC1OCCC1(C)NC(=O)c1ccc(Cl)o1. The number of carbonyl (C=O) groups is 1. The van der Waals surface area contributed by atoms with Crippen LogP contribution in [0.4, 0.5) is 0 Å². The lowest BCUT2D eigenvalue weighted by Crippen LogP contribution is -2.50.